The van der Waals surface area contributed by atoms with E-state index in [1.165, 1.54) is 12.1 Å². The van der Waals surface area contributed by atoms with Crippen molar-refractivity contribution in [3.8, 4) is 17.2 Å². The van der Waals surface area contributed by atoms with E-state index in [4.69, 9.17) is 9.47 Å². The number of rotatable bonds is 9. The van der Waals surface area contributed by atoms with E-state index in [0.29, 0.717) is 37.1 Å². The van der Waals surface area contributed by atoms with Gasteiger partial charge in [-0.05, 0) is 132 Å². The zero-order chi connectivity index (χ0) is 29.1. The maximum atomic E-state index is 13.3. The summed E-state index contributed by atoms with van der Waals surface area (Å²) in [5, 5.41) is -4.75. The van der Waals surface area contributed by atoms with Gasteiger partial charge in [0.1, 0.15) is 5.75 Å². The molecule has 3 aromatic rings. The molecule has 15 heteroatoms. The van der Waals surface area contributed by atoms with Crippen LogP contribution in [-0.4, -0.2) is 36.8 Å². The summed E-state index contributed by atoms with van der Waals surface area (Å²) in [5.41, 5.74) is 1.08. The Labute approximate surface area is 276 Å². The molecule has 39 heavy (non-hydrogen) atoms. The number of hydrogen-bond donors (Lipinski definition) is 0. The molecule has 0 fully saturated rings. The van der Waals surface area contributed by atoms with Crippen molar-refractivity contribution in [1.29, 1.82) is 0 Å². The van der Waals surface area contributed by atoms with Gasteiger partial charge in [0.25, 0.3) is 0 Å². The highest BCUT2D eigenvalue weighted by atomic mass is 127. The lowest BCUT2D eigenvalue weighted by molar-refractivity contribution is -0.00998. The van der Waals surface area contributed by atoms with Crippen LogP contribution in [0.25, 0.3) is 6.08 Å². The molecule has 0 amide bonds. The molecule has 0 radical (unpaired) electrons. The molecule has 0 saturated carbocycles. The number of hydrogen-bond acceptors (Lipinski definition) is 8. The Bertz CT molecular complexity index is 1510. The molecule has 0 aliphatic rings. The molecular formula is C24H13F2I4O8S-. The molecule has 3 aromatic carbocycles. The molecule has 0 spiro atoms. The first-order valence-corrected chi connectivity index (χ1v) is 16.0. The standard InChI is InChI=1S/C24H14F2I4O8S/c1-2-12-3-5-13(6-4-12)23(32)38-21-18(29)9-15(10-19(21)30)37-20-16(27)7-14(8-17(20)28)22(31)36-11-24(25,26)39(33,34)35/h2-10H,1,11H2,(H,33,34,35)/p-1. The first-order valence-electron chi connectivity index (χ1n) is 10.2. The Kier molecular flexibility index (Phi) is 11.0. The van der Waals surface area contributed by atoms with E-state index in [-0.39, 0.29) is 5.56 Å². The molecule has 0 saturated heterocycles. The lowest BCUT2D eigenvalue weighted by Gasteiger charge is -2.19. The third-order valence-corrected chi connectivity index (χ3v) is 8.79. The minimum atomic E-state index is -5.99. The van der Waals surface area contributed by atoms with Crippen LogP contribution in [0.2, 0.25) is 0 Å². The van der Waals surface area contributed by atoms with Crippen molar-refractivity contribution in [3.05, 3.63) is 86.1 Å². The highest BCUT2D eigenvalue weighted by molar-refractivity contribution is 14.1. The molecule has 3 rings (SSSR count). The monoisotopic (exact) mass is 1010 g/mol. The van der Waals surface area contributed by atoms with Crippen LogP contribution in [0.15, 0.2) is 55.1 Å². The van der Waals surface area contributed by atoms with Crippen molar-refractivity contribution < 1.29 is 45.6 Å². The minimum Gasteiger partial charge on any atom is -0.743 e. The maximum absolute atomic E-state index is 13.3. The van der Waals surface area contributed by atoms with Gasteiger partial charge >= 0.3 is 17.2 Å². The van der Waals surface area contributed by atoms with Crippen molar-refractivity contribution in [2.75, 3.05) is 6.61 Å². The number of alkyl halides is 2. The highest BCUT2D eigenvalue weighted by Crippen LogP contribution is 2.38. The van der Waals surface area contributed by atoms with Crippen LogP contribution in [0.1, 0.15) is 26.3 Å². The van der Waals surface area contributed by atoms with Crippen LogP contribution >= 0.6 is 90.4 Å². The van der Waals surface area contributed by atoms with E-state index < -0.39 is 33.9 Å². The van der Waals surface area contributed by atoms with Gasteiger partial charge in [-0.2, -0.15) is 8.78 Å². The Morgan fingerprint density at radius 1 is 0.872 bits per heavy atom. The van der Waals surface area contributed by atoms with Crippen LogP contribution < -0.4 is 9.47 Å². The van der Waals surface area contributed by atoms with Crippen LogP contribution in [-0.2, 0) is 14.9 Å². The Morgan fingerprint density at radius 3 is 1.87 bits per heavy atom. The van der Waals surface area contributed by atoms with Gasteiger partial charge in [-0.3, -0.25) is 0 Å². The zero-order valence-electron chi connectivity index (χ0n) is 19.1. The Hall–Kier alpha value is -1.17. The van der Waals surface area contributed by atoms with Crippen molar-refractivity contribution >= 4 is 118 Å². The van der Waals surface area contributed by atoms with Gasteiger partial charge in [-0.15, -0.1) is 0 Å². The smallest absolute Gasteiger partial charge is 0.367 e. The fourth-order valence-corrected chi connectivity index (χ4v) is 6.92. The fourth-order valence-electron chi connectivity index (χ4n) is 2.80. The largest absolute Gasteiger partial charge is 0.743 e. The van der Waals surface area contributed by atoms with E-state index in [1.807, 2.05) is 90.4 Å². The number of benzene rings is 3. The predicted molar refractivity (Wildman–Crippen MR) is 170 cm³/mol. The SMILES string of the molecule is C=Cc1ccc(C(=O)Oc2c(I)cc(Oc3c(I)cc(C(=O)OCC(F)(F)S(=O)(=O)[O-])cc3I)cc2I)cc1. The van der Waals surface area contributed by atoms with E-state index in [0.717, 1.165) is 5.56 Å². The summed E-state index contributed by atoms with van der Waals surface area (Å²) in [6.45, 7) is 1.77. The minimum absolute atomic E-state index is 0.150. The van der Waals surface area contributed by atoms with Gasteiger partial charge in [0.15, 0.2) is 28.2 Å². The molecular weight excluding hydrogens is 994 g/mol. The number of halogens is 6. The number of ether oxygens (including phenoxy) is 3. The summed E-state index contributed by atoms with van der Waals surface area (Å²) < 4.78 is 76.4. The average molecular weight is 1010 g/mol. The summed E-state index contributed by atoms with van der Waals surface area (Å²) in [6, 6.07) is 12.7. The zero-order valence-corrected chi connectivity index (χ0v) is 28.5. The van der Waals surface area contributed by atoms with Crippen molar-refractivity contribution in [2.45, 2.75) is 5.25 Å². The second kappa shape index (κ2) is 13.2. The van der Waals surface area contributed by atoms with Gasteiger partial charge in [0.2, 0.25) is 0 Å². The Balaban J connectivity index is 1.77. The normalized spacial score (nSPS) is 11.6. The fraction of sp³-hybridized carbons (Fsp3) is 0.0833. The van der Waals surface area contributed by atoms with Crippen LogP contribution in [0.3, 0.4) is 0 Å². The number of carbonyl (C=O) groups excluding carboxylic acids is 2. The topological polar surface area (TPSA) is 119 Å². The second-order valence-electron chi connectivity index (χ2n) is 7.47. The molecule has 0 N–H and O–H groups in total. The molecule has 0 bridgehead atoms. The van der Waals surface area contributed by atoms with Gasteiger partial charge in [0.05, 0.1) is 25.4 Å². The maximum Gasteiger partial charge on any atom is 0.367 e. The van der Waals surface area contributed by atoms with E-state index in [9.17, 15) is 31.3 Å². The summed E-state index contributed by atoms with van der Waals surface area (Å²) in [7, 11) is -5.99. The lowest BCUT2D eigenvalue weighted by Crippen LogP contribution is -2.34. The van der Waals surface area contributed by atoms with E-state index in [1.54, 1.807) is 42.5 Å². The lowest BCUT2D eigenvalue weighted by atomic mass is 10.1. The quantitative estimate of drug-likeness (QED) is 0.0970. The number of carbonyl (C=O) groups is 2. The van der Waals surface area contributed by atoms with Crippen molar-refractivity contribution in [3.63, 3.8) is 0 Å². The molecule has 0 aromatic heterocycles. The van der Waals surface area contributed by atoms with Crippen LogP contribution in [0, 0.1) is 14.3 Å². The first-order chi connectivity index (χ1) is 18.1. The molecule has 0 atom stereocenters. The van der Waals surface area contributed by atoms with Crippen molar-refractivity contribution in [2.24, 2.45) is 0 Å². The third-order valence-electron chi connectivity index (χ3n) is 4.74. The number of esters is 2. The molecule has 0 aliphatic carbocycles. The van der Waals surface area contributed by atoms with E-state index in [2.05, 4.69) is 11.3 Å². The van der Waals surface area contributed by atoms with Crippen molar-refractivity contribution in [1.82, 2.24) is 0 Å². The summed E-state index contributed by atoms with van der Waals surface area (Å²) >= 11 is 7.75. The van der Waals surface area contributed by atoms with Crippen LogP contribution in [0.5, 0.6) is 17.2 Å². The molecule has 0 unspecified atom stereocenters. The van der Waals surface area contributed by atoms with E-state index >= 15 is 0 Å². The molecule has 206 valence electrons. The summed E-state index contributed by atoms with van der Waals surface area (Å²) in [4.78, 5) is 24.8. The predicted octanol–water partition coefficient (Wildman–Crippen LogP) is 7.05. The summed E-state index contributed by atoms with van der Waals surface area (Å²) in [5.74, 6) is -0.688. The summed E-state index contributed by atoms with van der Waals surface area (Å²) in [6.07, 6.45) is 1.66. The molecule has 0 heterocycles. The van der Waals surface area contributed by atoms with Gasteiger partial charge in [0, 0.05) is 0 Å². The third kappa shape index (κ3) is 8.20. The first kappa shape index (κ1) is 32.3. The van der Waals surface area contributed by atoms with Gasteiger partial charge in [-0.1, -0.05) is 24.8 Å². The van der Waals surface area contributed by atoms with Crippen LogP contribution in [0.4, 0.5) is 8.78 Å². The second-order valence-corrected chi connectivity index (χ2v) is 13.6. The van der Waals surface area contributed by atoms with Gasteiger partial charge in [-0.25, -0.2) is 18.0 Å². The highest BCUT2D eigenvalue weighted by Gasteiger charge is 2.39. The van der Waals surface area contributed by atoms with Gasteiger partial charge < -0.3 is 18.8 Å². The molecule has 8 nitrogen and oxygen atoms in total. The Morgan fingerprint density at radius 2 is 1.38 bits per heavy atom. The average Bonchev–Trinajstić information content (AvgIpc) is 2.86. The molecule has 0 aliphatic heterocycles.